The molecule has 0 aromatic carbocycles. The average molecular weight is 429 g/mol. The minimum atomic E-state index is 1.02. The van der Waals surface area contributed by atoms with Gasteiger partial charge in [-0.15, -0.1) is 0 Å². The molecule has 0 saturated heterocycles. The monoisotopic (exact) mass is 428 g/mol. The largest absolute Gasteiger partial charge is 0.0625 e. The number of hydrogen-bond donors (Lipinski definition) is 0. The minimum Gasteiger partial charge on any atom is -0.0625 e. The summed E-state index contributed by atoms with van der Waals surface area (Å²) in [5.74, 6) is 8.75. The van der Waals surface area contributed by atoms with E-state index in [4.69, 9.17) is 0 Å². The van der Waals surface area contributed by atoms with Crippen LogP contribution >= 0.6 is 0 Å². The van der Waals surface area contributed by atoms with Gasteiger partial charge in [0.25, 0.3) is 0 Å². The van der Waals surface area contributed by atoms with E-state index in [-0.39, 0.29) is 0 Å². The van der Waals surface area contributed by atoms with Gasteiger partial charge in [0.2, 0.25) is 0 Å². The molecule has 0 N–H and O–H groups in total. The predicted octanol–water partition coefficient (Wildman–Crippen LogP) is 10.2. The van der Waals surface area contributed by atoms with Crippen molar-refractivity contribution in [3.05, 3.63) is 0 Å². The predicted molar refractivity (Wildman–Crippen MR) is 136 cm³/mol. The second-order valence-electron chi connectivity index (χ2n) is 13.1. The van der Waals surface area contributed by atoms with Crippen LogP contribution in [0.5, 0.6) is 0 Å². The van der Waals surface area contributed by atoms with Crippen molar-refractivity contribution in [3.63, 3.8) is 0 Å². The van der Waals surface area contributed by atoms with Crippen LogP contribution in [0, 0.1) is 47.3 Å². The first-order valence-corrected chi connectivity index (χ1v) is 15.2. The van der Waals surface area contributed by atoms with E-state index in [2.05, 4.69) is 13.8 Å². The zero-order valence-electron chi connectivity index (χ0n) is 21.5. The molecule has 5 aliphatic carbocycles. The molecule has 0 aliphatic heterocycles. The molecule has 0 aromatic rings. The summed E-state index contributed by atoms with van der Waals surface area (Å²) in [5, 5.41) is 0. The fourth-order valence-electron chi connectivity index (χ4n) is 8.91. The third-order valence-corrected chi connectivity index (χ3v) is 10.9. The van der Waals surface area contributed by atoms with Crippen molar-refractivity contribution in [1.29, 1.82) is 0 Å². The van der Waals surface area contributed by atoms with Crippen LogP contribution in [-0.2, 0) is 0 Å². The van der Waals surface area contributed by atoms with Crippen molar-refractivity contribution in [1.82, 2.24) is 0 Å². The molecule has 0 bridgehead atoms. The maximum absolute atomic E-state index is 2.57. The fourth-order valence-corrected chi connectivity index (χ4v) is 8.91. The quantitative estimate of drug-likeness (QED) is 0.410. The molecule has 0 heteroatoms. The van der Waals surface area contributed by atoms with E-state index in [1.54, 1.807) is 64.2 Å². The lowest BCUT2D eigenvalue weighted by molar-refractivity contribution is 0.177. The van der Waals surface area contributed by atoms with Crippen LogP contribution in [0.4, 0.5) is 0 Å². The number of fused-ring (bicyclic) bond motifs is 1. The van der Waals surface area contributed by atoms with Crippen LogP contribution in [0.25, 0.3) is 0 Å². The maximum Gasteiger partial charge on any atom is -0.0357 e. The van der Waals surface area contributed by atoms with Crippen molar-refractivity contribution in [2.24, 2.45) is 47.3 Å². The van der Waals surface area contributed by atoms with Gasteiger partial charge in [-0.1, -0.05) is 123 Å². The van der Waals surface area contributed by atoms with Gasteiger partial charge in [0.05, 0.1) is 0 Å². The summed E-state index contributed by atoms with van der Waals surface area (Å²) in [7, 11) is 0. The Morgan fingerprint density at radius 2 is 0.806 bits per heavy atom. The van der Waals surface area contributed by atoms with E-state index in [1.807, 2.05) is 0 Å². The van der Waals surface area contributed by atoms with Gasteiger partial charge in [-0.3, -0.25) is 0 Å². The Kier molecular flexibility index (Phi) is 9.70. The lowest BCUT2D eigenvalue weighted by Crippen LogP contribution is -2.23. The average Bonchev–Trinajstić information content (AvgIpc) is 3.42. The lowest BCUT2D eigenvalue weighted by atomic mass is 9.72. The second-order valence-corrected chi connectivity index (χ2v) is 13.1. The third kappa shape index (κ3) is 6.99. The molecule has 5 saturated carbocycles. The first-order valence-electron chi connectivity index (χ1n) is 15.2. The van der Waals surface area contributed by atoms with Crippen LogP contribution in [-0.4, -0.2) is 0 Å². The van der Waals surface area contributed by atoms with Gasteiger partial charge >= 0.3 is 0 Å². The van der Waals surface area contributed by atoms with Gasteiger partial charge in [0.15, 0.2) is 0 Å². The Hall–Kier alpha value is 0. The molecule has 180 valence electrons. The molecule has 5 atom stereocenters. The van der Waals surface area contributed by atoms with Gasteiger partial charge < -0.3 is 0 Å². The summed E-state index contributed by atoms with van der Waals surface area (Å²) < 4.78 is 0. The van der Waals surface area contributed by atoms with Gasteiger partial charge in [0, 0.05) is 0 Å². The molecule has 0 nitrogen and oxygen atoms in total. The summed E-state index contributed by atoms with van der Waals surface area (Å²) in [4.78, 5) is 0. The first kappa shape index (κ1) is 24.1. The van der Waals surface area contributed by atoms with Crippen molar-refractivity contribution in [3.8, 4) is 0 Å². The van der Waals surface area contributed by atoms with Crippen LogP contribution in [0.2, 0.25) is 0 Å². The highest BCUT2D eigenvalue weighted by Crippen LogP contribution is 2.50. The Balaban J connectivity index is 0.000000166. The summed E-state index contributed by atoms with van der Waals surface area (Å²) in [6.45, 7) is 5.03. The molecule has 5 fully saturated rings. The summed E-state index contributed by atoms with van der Waals surface area (Å²) >= 11 is 0. The topological polar surface area (TPSA) is 0 Å². The normalized spacial score (nSPS) is 42.6. The zero-order valence-corrected chi connectivity index (χ0v) is 21.5. The third-order valence-electron chi connectivity index (χ3n) is 10.9. The number of hydrogen-bond acceptors (Lipinski definition) is 0. The molecule has 31 heavy (non-hydrogen) atoms. The molecular formula is C31H56. The van der Waals surface area contributed by atoms with Crippen molar-refractivity contribution in [2.45, 2.75) is 149 Å². The molecule has 0 radical (unpaired) electrons. The summed E-state index contributed by atoms with van der Waals surface area (Å²) in [5.41, 5.74) is 0. The van der Waals surface area contributed by atoms with E-state index in [0.29, 0.717) is 0 Å². The van der Waals surface area contributed by atoms with Crippen molar-refractivity contribution in [2.75, 3.05) is 0 Å². The number of rotatable bonds is 2. The smallest absolute Gasteiger partial charge is 0.0357 e. The highest BCUT2D eigenvalue weighted by atomic mass is 14.5. The van der Waals surface area contributed by atoms with Crippen molar-refractivity contribution < 1.29 is 0 Å². The molecule has 5 unspecified atom stereocenters. The van der Waals surface area contributed by atoms with E-state index < -0.39 is 0 Å². The Labute approximate surface area is 196 Å². The molecule has 5 aliphatic rings. The summed E-state index contributed by atoms with van der Waals surface area (Å²) in [6, 6.07) is 0. The highest BCUT2D eigenvalue weighted by molar-refractivity contribution is 4.90. The van der Waals surface area contributed by atoms with Gasteiger partial charge in [-0.2, -0.15) is 0 Å². The first-order chi connectivity index (χ1) is 15.2. The highest BCUT2D eigenvalue weighted by Gasteiger charge is 2.40. The molecule has 0 heterocycles. The van der Waals surface area contributed by atoms with Gasteiger partial charge in [-0.25, -0.2) is 0 Å². The summed E-state index contributed by atoms with van der Waals surface area (Å²) in [6.07, 6.45) is 32.4. The second kappa shape index (κ2) is 12.5. The molecule has 5 rings (SSSR count). The Morgan fingerprint density at radius 1 is 0.355 bits per heavy atom. The standard InChI is InChI=1S/C19H34.C12H22/c1-14-8-10-17(11-9-14)19-13-18(12-15(19)2)16-6-4-3-5-7-16;1-2-4-7-11-9-6-10-12(11)8-5-3-1/h14-19H,3-13H2,1-2H3;11-12H,1-10H2. The van der Waals surface area contributed by atoms with E-state index >= 15 is 0 Å². The van der Waals surface area contributed by atoms with Crippen LogP contribution in [0.15, 0.2) is 0 Å². The Bertz CT molecular complexity index is 466. The van der Waals surface area contributed by atoms with E-state index in [9.17, 15) is 0 Å². The van der Waals surface area contributed by atoms with Crippen LogP contribution in [0.1, 0.15) is 149 Å². The molecule has 0 aromatic heterocycles. The van der Waals surface area contributed by atoms with Crippen molar-refractivity contribution >= 4 is 0 Å². The van der Waals surface area contributed by atoms with E-state index in [0.717, 1.165) is 47.3 Å². The van der Waals surface area contributed by atoms with Crippen LogP contribution in [0.3, 0.4) is 0 Å². The Morgan fingerprint density at radius 3 is 1.39 bits per heavy atom. The van der Waals surface area contributed by atoms with Gasteiger partial charge in [0.1, 0.15) is 0 Å². The molecular weight excluding hydrogens is 372 g/mol. The molecule has 0 spiro atoms. The fraction of sp³-hybridized carbons (Fsp3) is 1.00. The van der Waals surface area contributed by atoms with E-state index in [1.165, 1.54) is 70.6 Å². The maximum atomic E-state index is 2.57. The SMILES string of the molecule is C1CCCC2CCCC2CCC1.CC1CCC(C2CC(C3CCCCC3)CC2C)CC1. The zero-order chi connectivity index (χ0) is 21.5. The molecule has 0 amide bonds. The van der Waals surface area contributed by atoms with Gasteiger partial charge in [-0.05, 0) is 73.0 Å². The van der Waals surface area contributed by atoms with Crippen LogP contribution < -0.4 is 0 Å². The lowest BCUT2D eigenvalue weighted by Gasteiger charge is -2.33. The minimum absolute atomic E-state index is 1.02.